The largest absolute Gasteiger partial charge is 0.481 e. The van der Waals surface area contributed by atoms with Gasteiger partial charge in [0.05, 0.1) is 18.4 Å². The Hall–Kier alpha value is -1.80. The summed E-state index contributed by atoms with van der Waals surface area (Å²) in [5.41, 5.74) is 0. The Morgan fingerprint density at radius 3 is 2.33 bits per heavy atom. The Kier molecular flexibility index (Phi) is 5.56. The molecule has 0 aliphatic heterocycles. The molecule has 0 aromatic rings. The van der Waals surface area contributed by atoms with Gasteiger partial charge in [-0.2, -0.15) is 13.2 Å². The normalized spacial score (nSPS) is 21.9. The summed E-state index contributed by atoms with van der Waals surface area (Å²) < 4.78 is 35.8. The molecule has 2 unspecified atom stereocenters. The maximum absolute atomic E-state index is 12.1. The maximum Gasteiger partial charge on any atom is 0.405 e. The van der Waals surface area contributed by atoms with Gasteiger partial charge < -0.3 is 15.3 Å². The number of halogens is 3. The van der Waals surface area contributed by atoms with Crippen LogP contribution in [0.3, 0.4) is 0 Å². The number of carboxylic acids is 1. The molecule has 1 rings (SSSR count). The highest BCUT2D eigenvalue weighted by molar-refractivity contribution is 5.88. The molecule has 120 valence electrons. The lowest BCUT2D eigenvalue weighted by molar-refractivity contribution is -0.149. The van der Waals surface area contributed by atoms with Gasteiger partial charge in [-0.3, -0.25) is 14.4 Å². The van der Waals surface area contributed by atoms with Crippen LogP contribution < -0.4 is 5.32 Å². The number of aliphatic carboxylic acids is 1. The number of nitrogens with one attached hydrogen (secondary N) is 1. The number of hydrogen-bond acceptors (Lipinski definition) is 3. The maximum atomic E-state index is 12.1. The molecule has 0 aromatic heterocycles. The van der Waals surface area contributed by atoms with Crippen LogP contribution in [0.2, 0.25) is 0 Å². The molecule has 0 aromatic carbocycles. The summed E-state index contributed by atoms with van der Waals surface area (Å²) in [5, 5.41) is 10.7. The number of carbonyl (C=O) groups is 3. The van der Waals surface area contributed by atoms with Crippen molar-refractivity contribution in [1.29, 1.82) is 0 Å². The zero-order valence-corrected chi connectivity index (χ0v) is 11.4. The van der Waals surface area contributed by atoms with Crippen LogP contribution in [-0.4, -0.2) is 54.1 Å². The van der Waals surface area contributed by atoms with Crippen molar-refractivity contribution in [3.05, 3.63) is 0 Å². The van der Waals surface area contributed by atoms with Crippen LogP contribution >= 0.6 is 0 Å². The Morgan fingerprint density at radius 2 is 1.81 bits per heavy atom. The number of rotatable bonds is 5. The standard InChI is InChI=1S/C12H17F3N2O4/c1-17(5-9(18)16-6-12(13,14)15)10(19)7-3-2-4-8(7)11(20)21/h7-8H,2-6H2,1H3,(H,16,18)(H,20,21). The van der Waals surface area contributed by atoms with Crippen molar-refractivity contribution < 1.29 is 32.7 Å². The van der Waals surface area contributed by atoms with E-state index in [4.69, 9.17) is 5.11 Å². The molecule has 0 radical (unpaired) electrons. The van der Waals surface area contributed by atoms with E-state index in [1.165, 1.54) is 7.05 Å². The van der Waals surface area contributed by atoms with Gasteiger partial charge in [-0.05, 0) is 12.8 Å². The molecule has 9 heteroatoms. The summed E-state index contributed by atoms with van der Waals surface area (Å²) in [6.45, 7) is -1.99. The molecule has 2 atom stereocenters. The highest BCUT2D eigenvalue weighted by Crippen LogP contribution is 2.33. The van der Waals surface area contributed by atoms with Crippen LogP contribution in [0.15, 0.2) is 0 Å². The van der Waals surface area contributed by atoms with Gasteiger partial charge in [0.2, 0.25) is 11.8 Å². The monoisotopic (exact) mass is 310 g/mol. The quantitative estimate of drug-likeness (QED) is 0.779. The third-order valence-corrected chi connectivity index (χ3v) is 3.39. The van der Waals surface area contributed by atoms with Gasteiger partial charge >= 0.3 is 12.1 Å². The third kappa shape index (κ3) is 5.24. The first kappa shape index (κ1) is 17.3. The molecule has 0 saturated heterocycles. The number of carboxylic acid groups (broad SMARTS) is 1. The van der Waals surface area contributed by atoms with E-state index in [2.05, 4.69) is 0 Å². The van der Waals surface area contributed by atoms with Crippen molar-refractivity contribution in [3.8, 4) is 0 Å². The van der Waals surface area contributed by atoms with Gasteiger partial charge in [0.1, 0.15) is 6.54 Å². The van der Waals surface area contributed by atoms with Crippen molar-refractivity contribution in [3.63, 3.8) is 0 Å². The number of amides is 2. The van der Waals surface area contributed by atoms with Crippen LogP contribution in [-0.2, 0) is 14.4 Å². The van der Waals surface area contributed by atoms with Crippen LogP contribution in [0.25, 0.3) is 0 Å². The second-order valence-electron chi connectivity index (χ2n) is 5.07. The first-order chi connectivity index (χ1) is 9.61. The Morgan fingerprint density at radius 1 is 1.24 bits per heavy atom. The third-order valence-electron chi connectivity index (χ3n) is 3.39. The summed E-state index contributed by atoms with van der Waals surface area (Å²) in [6.07, 6.45) is -3.12. The summed E-state index contributed by atoms with van der Waals surface area (Å²) >= 11 is 0. The van der Waals surface area contributed by atoms with Gasteiger partial charge in [-0.25, -0.2) is 0 Å². The minimum absolute atomic E-state index is 0.389. The minimum atomic E-state index is -4.52. The van der Waals surface area contributed by atoms with E-state index in [0.29, 0.717) is 19.3 Å². The Balaban J connectivity index is 2.51. The zero-order chi connectivity index (χ0) is 16.2. The van der Waals surface area contributed by atoms with Gasteiger partial charge in [-0.1, -0.05) is 6.42 Å². The SMILES string of the molecule is CN(CC(=O)NCC(F)(F)F)C(=O)C1CCCC1C(=O)O. The van der Waals surface area contributed by atoms with E-state index < -0.39 is 48.9 Å². The van der Waals surface area contributed by atoms with Crippen molar-refractivity contribution in [1.82, 2.24) is 10.2 Å². The predicted molar refractivity (Wildman–Crippen MR) is 65.2 cm³/mol. The fourth-order valence-electron chi connectivity index (χ4n) is 2.38. The van der Waals surface area contributed by atoms with Gasteiger partial charge in [0.25, 0.3) is 0 Å². The predicted octanol–water partition coefficient (Wildman–Crippen LogP) is 0.624. The van der Waals surface area contributed by atoms with Crippen molar-refractivity contribution in [2.75, 3.05) is 20.1 Å². The van der Waals surface area contributed by atoms with E-state index in [1.54, 1.807) is 5.32 Å². The number of likely N-dealkylation sites (N-methyl/N-ethyl adjacent to an activating group) is 1. The number of alkyl halides is 3. The summed E-state index contributed by atoms with van der Waals surface area (Å²) in [6, 6.07) is 0. The molecular formula is C12H17F3N2O4. The van der Waals surface area contributed by atoms with Crippen LogP contribution in [0, 0.1) is 11.8 Å². The van der Waals surface area contributed by atoms with Crippen molar-refractivity contribution in [2.24, 2.45) is 11.8 Å². The molecule has 1 saturated carbocycles. The van der Waals surface area contributed by atoms with Crippen LogP contribution in [0.5, 0.6) is 0 Å². The fraction of sp³-hybridized carbons (Fsp3) is 0.750. The van der Waals surface area contributed by atoms with E-state index >= 15 is 0 Å². The summed E-state index contributed by atoms with van der Waals surface area (Å²) in [4.78, 5) is 35.3. The molecule has 2 amide bonds. The first-order valence-electron chi connectivity index (χ1n) is 6.43. The van der Waals surface area contributed by atoms with Crippen molar-refractivity contribution in [2.45, 2.75) is 25.4 Å². The Labute approximate surface area is 119 Å². The molecular weight excluding hydrogens is 293 g/mol. The smallest absolute Gasteiger partial charge is 0.405 e. The van der Waals surface area contributed by atoms with E-state index in [0.717, 1.165) is 4.90 Å². The molecule has 6 nitrogen and oxygen atoms in total. The summed E-state index contributed by atoms with van der Waals surface area (Å²) in [5.74, 6) is -4.04. The second kappa shape index (κ2) is 6.77. The lowest BCUT2D eigenvalue weighted by Crippen LogP contribution is -2.44. The molecule has 1 fully saturated rings. The van der Waals surface area contributed by atoms with E-state index in [-0.39, 0.29) is 0 Å². The first-order valence-corrected chi connectivity index (χ1v) is 6.43. The minimum Gasteiger partial charge on any atom is -0.481 e. The lowest BCUT2D eigenvalue weighted by atomic mass is 9.95. The fourth-order valence-corrected chi connectivity index (χ4v) is 2.38. The molecule has 1 aliphatic carbocycles. The highest BCUT2D eigenvalue weighted by atomic mass is 19.4. The molecule has 21 heavy (non-hydrogen) atoms. The van der Waals surface area contributed by atoms with E-state index in [9.17, 15) is 27.6 Å². The van der Waals surface area contributed by atoms with E-state index in [1.807, 2.05) is 0 Å². The van der Waals surface area contributed by atoms with Crippen LogP contribution in [0.4, 0.5) is 13.2 Å². The molecule has 0 heterocycles. The molecule has 2 N–H and O–H groups in total. The molecule has 1 aliphatic rings. The van der Waals surface area contributed by atoms with Gasteiger partial charge in [-0.15, -0.1) is 0 Å². The number of hydrogen-bond donors (Lipinski definition) is 2. The highest BCUT2D eigenvalue weighted by Gasteiger charge is 2.39. The van der Waals surface area contributed by atoms with Gasteiger partial charge in [0.15, 0.2) is 0 Å². The number of nitrogens with zero attached hydrogens (tertiary/aromatic N) is 1. The summed E-state index contributed by atoms with van der Waals surface area (Å²) in [7, 11) is 1.27. The van der Waals surface area contributed by atoms with Gasteiger partial charge in [0, 0.05) is 7.05 Å². The second-order valence-corrected chi connectivity index (χ2v) is 5.07. The molecule has 0 bridgehead atoms. The topological polar surface area (TPSA) is 86.7 Å². The lowest BCUT2D eigenvalue weighted by Gasteiger charge is -2.23. The average molecular weight is 310 g/mol. The number of carbonyl (C=O) groups excluding carboxylic acids is 2. The van der Waals surface area contributed by atoms with Crippen LogP contribution in [0.1, 0.15) is 19.3 Å². The molecule has 0 spiro atoms. The Bertz CT molecular complexity index is 425. The van der Waals surface area contributed by atoms with Crippen molar-refractivity contribution >= 4 is 17.8 Å². The zero-order valence-electron chi connectivity index (χ0n) is 11.4. The average Bonchev–Trinajstić information content (AvgIpc) is 2.83.